The van der Waals surface area contributed by atoms with Gasteiger partial charge in [-0.1, -0.05) is 6.08 Å². The number of carbonyl (C=O) groups excluding carboxylic acids is 1. The summed E-state index contributed by atoms with van der Waals surface area (Å²) in [6.45, 7) is 3.48. The van der Waals surface area contributed by atoms with Crippen LogP contribution >= 0.6 is 0 Å². The number of carbonyl (C=O) groups is 1. The number of hydrogen-bond donors (Lipinski definition) is 1. The molecule has 1 N–H and O–H groups in total. The highest BCUT2D eigenvalue weighted by molar-refractivity contribution is 5.97. The van der Waals surface area contributed by atoms with E-state index in [1.807, 2.05) is 26.0 Å². The molecule has 84 valence electrons. The zero-order valence-corrected chi connectivity index (χ0v) is 9.36. The molecule has 0 spiro atoms. The van der Waals surface area contributed by atoms with Gasteiger partial charge in [0.05, 0.1) is 0 Å². The summed E-state index contributed by atoms with van der Waals surface area (Å²) in [6, 6.07) is 5.18. The van der Waals surface area contributed by atoms with Crippen LogP contribution in [0.2, 0.25) is 0 Å². The number of rotatable bonds is 2. The molecular formula is C13H14O3. The first-order chi connectivity index (χ1) is 7.52. The van der Waals surface area contributed by atoms with Crippen LogP contribution in [-0.4, -0.2) is 23.1 Å². The minimum absolute atomic E-state index is 0.277. The molecule has 2 rings (SSSR count). The number of aliphatic hydroxyl groups is 1. The summed E-state index contributed by atoms with van der Waals surface area (Å²) in [6.07, 6.45) is 3.88. The smallest absolute Gasteiger partial charge is 0.188 e. The molecule has 0 saturated carbocycles. The molecular weight excluding hydrogens is 204 g/mol. The van der Waals surface area contributed by atoms with Crippen LogP contribution < -0.4 is 4.74 Å². The van der Waals surface area contributed by atoms with E-state index in [1.165, 1.54) is 0 Å². The Bertz CT molecular complexity index is 458. The molecule has 0 bridgehead atoms. The van der Waals surface area contributed by atoms with Gasteiger partial charge in [0.15, 0.2) is 5.78 Å². The summed E-state index contributed by atoms with van der Waals surface area (Å²) < 4.78 is 5.73. The van der Waals surface area contributed by atoms with Crippen molar-refractivity contribution in [3.05, 3.63) is 35.4 Å². The predicted octanol–water partition coefficient (Wildman–Crippen LogP) is 2.05. The fraction of sp³-hybridized carbons (Fsp3) is 0.308. The molecule has 1 aliphatic rings. The summed E-state index contributed by atoms with van der Waals surface area (Å²) in [5.41, 5.74) is 1.07. The van der Waals surface area contributed by atoms with Crippen LogP contribution in [-0.2, 0) is 0 Å². The minimum Gasteiger partial charge on any atom is -0.483 e. The van der Waals surface area contributed by atoms with E-state index < -0.39 is 6.61 Å². The van der Waals surface area contributed by atoms with Crippen molar-refractivity contribution in [1.82, 2.24) is 0 Å². The Morgan fingerprint density at radius 3 is 2.88 bits per heavy atom. The third-order valence-electron chi connectivity index (χ3n) is 2.51. The molecule has 0 saturated heterocycles. The van der Waals surface area contributed by atoms with Gasteiger partial charge in [-0.2, -0.15) is 0 Å². The fourth-order valence-electron chi connectivity index (χ4n) is 1.64. The summed E-state index contributed by atoms with van der Waals surface area (Å²) >= 11 is 0. The monoisotopic (exact) mass is 218 g/mol. The molecule has 0 atom stereocenters. The summed E-state index contributed by atoms with van der Waals surface area (Å²) in [4.78, 5) is 11.3. The van der Waals surface area contributed by atoms with E-state index in [1.54, 1.807) is 18.2 Å². The zero-order valence-electron chi connectivity index (χ0n) is 9.36. The van der Waals surface area contributed by atoms with Gasteiger partial charge in [-0.3, -0.25) is 4.79 Å². The van der Waals surface area contributed by atoms with Crippen LogP contribution in [0.5, 0.6) is 5.75 Å². The average Bonchev–Trinajstić information content (AvgIpc) is 2.26. The Hall–Kier alpha value is -1.61. The third-order valence-corrected chi connectivity index (χ3v) is 2.51. The normalized spacial score (nSPS) is 16.4. The second-order valence-electron chi connectivity index (χ2n) is 4.37. The lowest BCUT2D eigenvalue weighted by atomic mass is 10.00. The summed E-state index contributed by atoms with van der Waals surface area (Å²) in [7, 11) is 0. The third kappa shape index (κ3) is 1.99. The molecule has 0 amide bonds. The maximum atomic E-state index is 11.3. The number of ether oxygens (including phenoxy) is 1. The molecule has 1 aromatic carbocycles. The largest absolute Gasteiger partial charge is 0.483 e. The molecule has 1 heterocycles. The van der Waals surface area contributed by atoms with Gasteiger partial charge in [-0.25, -0.2) is 0 Å². The maximum Gasteiger partial charge on any atom is 0.188 e. The van der Waals surface area contributed by atoms with Crippen molar-refractivity contribution in [3.8, 4) is 5.75 Å². The van der Waals surface area contributed by atoms with Crippen molar-refractivity contribution in [2.75, 3.05) is 6.61 Å². The number of benzene rings is 1. The van der Waals surface area contributed by atoms with Crippen LogP contribution in [0.3, 0.4) is 0 Å². The molecule has 16 heavy (non-hydrogen) atoms. The topological polar surface area (TPSA) is 46.5 Å². The fourth-order valence-corrected chi connectivity index (χ4v) is 1.64. The van der Waals surface area contributed by atoms with Crippen molar-refractivity contribution in [2.45, 2.75) is 19.4 Å². The van der Waals surface area contributed by atoms with Crippen LogP contribution in [0, 0.1) is 0 Å². The van der Waals surface area contributed by atoms with Gasteiger partial charge in [-0.05, 0) is 38.1 Å². The molecule has 1 aromatic rings. The van der Waals surface area contributed by atoms with E-state index in [0.29, 0.717) is 5.56 Å². The van der Waals surface area contributed by atoms with Gasteiger partial charge in [-0.15, -0.1) is 0 Å². The molecule has 3 heteroatoms. The second kappa shape index (κ2) is 3.76. The number of ketones is 1. The Balaban J connectivity index is 2.39. The molecule has 0 fully saturated rings. The van der Waals surface area contributed by atoms with Crippen LogP contribution in [0.4, 0.5) is 0 Å². The highest BCUT2D eigenvalue weighted by Gasteiger charge is 2.21. The van der Waals surface area contributed by atoms with E-state index in [-0.39, 0.29) is 11.4 Å². The first-order valence-electron chi connectivity index (χ1n) is 5.18. The number of Topliss-reactive ketones (excluding diaryl/α,β-unsaturated/α-hetero) is 1. The van der Waals surface area contributed by atoms with Gasteiger partial charge in [0, 0.05) is 11.1 Å². The highest BCUT2D eigenvalue weighted by atomic mass is 16.5. The lowest BCUT2D eigenvalue weighted by Crippen LogP contribution is -2.27. The standard InChI is InChI=1S/C13H14O3/c1-13(2)6-5-10-7-9(11(15)8-14)3-4-12(10)16-13/h3-7,14H,8H2,1-2H3. The zero-order chi connectivity index (χ0) is 11.8. The van der Waals surface area contributed by atoms with Gasteiger partial charge in [0.2, 0.25) is 0 Å². The number of hydrogen-bond acceptors (Lipinski definition) is 3. The SMILES string of the molecule is CC1(C)C=Cc2cc(C(=O)CO)ccc2O1. The van der Waals surface area contributed by atoms with Crippen LogP contribution in [0.15, 0.2) is 24.3 Å². The van der Waals surface area contributed by atoms with Crippen molar-refractivity contribution in [2.24, 2.45) is 0 Å². The van der Waals surface area contributed by atoms with Crippen molar-refractivity contribution < 1.29 is 14.6 Å². The Morgan fingerprint density at radius 1 is 1.44 bits per heavy atom. The van der Waals surface area contributed by atoms with E-state index in [9.17, 15) is 4.79 Å². The molecule has 0 aromatic heterocycles. The molecule has 1 aliphatic heterocycles. The van der Waals surface area contributed by atoms with Gasteiger partial charge < -0.3 is 9.84 Å². The molecule has 0 radical (unpaired) electrons. The lowest BCUT2D eigenvalue weighted by Gasteiger charge is -2.27. The predicted molar refractivity (Wildman–Crippen MR) is 61.6 cm³/mol. The van der Waals surface area contributed by atoms with Crippen LogP contribution in [0.25, 0.3) is 6.08 Å². The Labute approximate surface area is 94.4 Å². The Morgan fingerprint density at radius 2 is 2.19 bits per heavy atom. The number of fused-ring (bicyclic) bond motifs is 1. The van der Waals surface area contributed by atoms with E-state index in [4.69, 9.17) is 9.84 Å². The maximum absolute atomic E-state index is 11.3. The average molecular weight is 218 g/mol. The van der Waals surface area contributed by atoms with E-state index >= 15 is 0 Å². The minimum atomic E-state index is -0.463. The van der Waals surface area contributed by atoms with Gasteiger partial charge in [0.25, 0.3) is 0 Å². The van der Waals surface area contributed by atoms with Crippen molar-refractivity contribution >= 4 is 11.9 Å². The van der Waals surface area contributed by atoms with Gasteiger partial charge in [0.1, 0.15) is 18.0 Å². The highest BCUT2D eigenvalue weighted by Crippen LogP contribution is 2.31. The molecule has 0 aliphatic carbocycles. The van der Waals surface area contributed by atoms with Crippen molar-refractivity contribution in [1.29, 1.82) is 0 Å². The van der Waals surface area contributed by atoms with E-state index in [2.05, 4.69) is 0 Å². The lowest BCUT2D eigenvalue weighted by molar-refractivity contribution is 0.0903. The first kappa shape index (κ1) is 10.9. The van der Waals surface area contributed by atoms with Crippen molar-refractivity contribution in [3.63, 3.8) is 0 Å². The van der Waals surface area contributed by atoms with Gasteiger partial charge >= 0.3 is 0 Å². The second-order valence-corrected chi connectivity index (χ2v) is 4.37. The number of aliphatic hydroxyl groups excluding tert-OH is 1. The summed E-state index contributed by atoms with van der Waals surface area (Å²) in [5.74, 6) is 0.489. The first-order valence-corrected chi connectivity index (χ1v) is 5.18. The summed E-state index contributed by atoms with van der Waals surface area (Å²) in [5, 5.41) is 8.78. The molecule has 0 unspecified atom stereocenters. The van der Waals surface area contributed by atoms with E-state index in [0.717, 1.165) is 11.3 Å². The quantitative estimate of drug-likeness (QED) is 0.773. The molecule has 3 nitrogen and oxygen atoms in total. The van der Waals surface area contributed by atoms with Crippen LogP contribution in [0.1, 0.15) is 29.8 Å². The Kier molecular flexibility index (Phi) is 2.56.